The molecule has 2 aromatic heterocycles. The van der Waals surface area contributed by atoms with Gasteiger partial charge in [0.1, 0.15) is 0 Å². The number of carbonyl (C=O) groups is 1. The van der Waals surface area contributed by atoms with Gasteiger partial charge in [-0.25, -0.2) is 4.79 Å². The quantitative estimate of drug-likeness (QED) is 0.739. The number of rotatable bonds is 6. The van der Waals surface area contributed by atoms with Crippen molar-refractivity contribution in [3.05, 3.63) is 47.5 Å². The lowest BCUT2D eigenvalue weighted by molar-refractivity contribution is 0.173. The maximum atomic E-state index is 11.8. The van der Waals surface area contributed by atoms with Crippen molar-refractivity contribution in [2.24, 2.45) is 7.05 Å². The van der Waals surface area contributed by atoms with E-state index in [9.17, 15) is 9.90 Å². The van der Waals surface area contributed by atoms with Crippen LogP contribution >= 0.6 is 0 Å². The number of nitrogens with zero attached hydrogens (tertiary/aromatic N) is 3. The van der Waals surface area contributed by atoms with Crippen molar-refractivity contribution in [3.8, 4) is 0 Å². The largest absolute Gasteiger partial charge is 0.387 e. The number of hydrogen-bond acceptors (Lipinski definition) is 4. The van der Waals surface area contributed by atoms with Crippen molar-refractivity contribution in [2.45, 2.75) is 26.0 Å². The van der Waals surface area contributed by atoms with Crippen LogP contribution in [0.15, 0.2) is 30.7 Å². The first-order chi connectivity index (χ1) is 10.6. The summed E-state index contributed by atoms with van der Waals surface area (Å²) in [5, 5.41) is 19.7. The zero-order chi connectivity index (χ0) is 15.9. The number of urea groups is 1. The molecule has 1 unspecified atom stereocenters. The van der Waals surface area contributed by atoms with Crippen LogP contribution in [0, 0.1) is 0 Å². The molecule has 3 N–H and O–H groups in total. The lowest BCUT2D eigenvalue weighted by Crippen LogP contribution is -2.37. The van der Waals surface area contributed by atoms with Gasteiger partial charge in [0.05, 0.1) is 11.8 Å². The monoisotopic (exact) mass is 303 g/mol. The van der Waals surface area contributed by atoms with Gasteiger partial charge in [0.2, 0.25) is 0 Å². The summed E-state index contributed by atoms with van der Waals surface area (Å²) in [7, 11) is 1.85. The summed E-state index contributed by atoms with van der Waals surface area (Å²) in [6.07, 6.45) is 5.17. The molecule has 0 fully saturated rings. The van der Waals surface area contributed by atoms with E-state index < -0.39 is 6.10 Å². The molecule has 0 saturated heterocycles. The van der Waals surface area contributed by atoms with Gasteiger partial charge in [-0.2, -0.15) is 5.10 Å². The first kappa shape index (κ1) is 16.0. The summed E-state index contributed by atoms with van der Waals surface area (Å²) in [5.41, 5.74) is 2.69. The number of aliphatic hydroxyl groups is 1. The lowest BCUT2D eigenvalue weighted by Gasteiger charge is -2.12. The Balaban J connectivity index is 1.78. The maximum Gasteiger partial charge on any atom is 0.315 e. The first-order valence-electron chi connectivity index (χ1n) is 7.21. The Bertz CT molecular complexity index is 612. The first-order valence-corrected chi connectivity index (χ1v) is 7.21. The molecule has 7 heteroatoms. The van der Waals surface area contributed by atoms with Gasteiger partial charge in [-0.1, -0.05) is 6.92 Å². The molecule has 0 bridgehead atoms. The summed E-state index contributed by atoms with van der Waals surface area (Å²) in [6.45, 7) is 2.58. The van der Waals surface area contributed by atoms with Crippen LogP contribution in [-0.4, -0.2) is 32.4 Å². The van der Waals surface area contributed by atoms with E-state index in [1.807, 2.05) is 20.2 Å². The van der Waals surface area contributed by atoms with Gasteiger partial charge >= 0.3 is 6.03 Å². The summed E-state index contributed by atoms with van der Waals surface area (Å²) < 4.78 is 1.74. The number of hydrogen-bond donors (Lipinski definition) is 3. The molecule has 7 nitrogen and oxygen atoms in total. The van der Waals surface area contributed by atoms with E-state index in [0.29, 0.717) is 6.54 Å². The fourth-order valence-electron chi connectivity index (χ4n) is 2.16. The highest BCUT2D eigenvalue weighted by atomic mass is 16.3. The Morgan fingerprint density at radius 2 is 2.09 bits per heavy atom. The molecule has 2 aromatic rings. The molecule has 1 atom stereocenters. The van der Waals surface area contributed by atoms with Crippen molar-refractivity contribution in [1.82, 2.24) is 25.4 Å². The second-order valence-electron chi connectivity index (χ2n) is 4.99. The predicted octanol–water partition coefficient (Wildman–Crippen LogP) is 0.910. The second-order valence-corrected chi connectivity index (χ2v) is 4.99. The Morgan fingerprint density at radius 3 is 2.77 bits per heavy atom. The third kappa shape index (κ3) is 4.29. The number of aliphatic hydroxyl groups excluding tert-OH is 1. The highest BCUT2D eigenvalue weighted by Gasteiger charge is 2.10. The van der Waals surface area contributed by atoms with Crippen LogP contribution in [0.4, 0.5) is 4.79 Å². The molecule has 0 spiro atoms. The van der Waals surface area contributed by atoms with Crippen LogP contribution < -0.4 is 10.6 Å². The second kappa shape index (κ2) is 7.56. The van der Waals surface area contributed by atoms with Crippen LogP contribution in [-0.2, 0) is 20.0 Å². The van der Waals surface area contributed by atoms with E-state index >= 15 is 0 Å². The van der Waals surface area contributed by atoms with Gasteiger partial charge in [-0.3, -0.25) is 9.67 Å². The summed E-state index contributed by atoms with van der Waals surface area (Å²) in [6, 6.07) is 3.11. The normalized spacial score (nSPS) is 12.0. The third-order valence-corrected chi connectivity index (χ3v) is 3.31. The molecule has 0 saturated carbocycles. The average Bonchev–Trinajstić information content (AvgIpc) is 2.91. The Labute approximate surface area is 129 Å². The molecule has 2 amide bonds. The Kier molecular flexibility index (Phi) is 5.48. The minimum absolute atomic E-state index is 0.142. The van der Waals surface area contributed by atoms with E-state index in [-0.39, 0.29) is 12.6 Å². The van der Waals surface area contributed by atoms with Crippen molar-refractivity contribution in [1.29, 1.82) is 0 Å². The lowest BCUT2D eigenvalue weighted by atomic mass is 10.1. The molecule has 0 aliphatic carbocycles. The summed E-state index contributed by atoms with van der Waals surface area (Å²) >= 11 is 0. The number of aryl methyl sites for hydroxylation is 2. The molecular weight excluding hydrogens is 282 g/mol. The number of amides is 2. The molecule has 0 radical (unpaired) electrons. The van der Waals surface area contributed by atoms with Crippen LogP contribution in [0.1, 0.15) is 29.8 Å². The van der Waals surface area contributed by atoms with Crippen LogP contribution in [0.2, 0.25) is 0 Å². The zero-order valence-corrected chi connectivity index (χ0v) is 12.8. The number of pyridine rings is 1. The van der Waals surface area contributed by atoms with E-state index in [1.165, 1.54) is 0 Å². The topological polar surface area (TPSA) is 92.1 Å². The SMILES string of the molecule is CCc1nn(C)cc1CNC(=O)NCC(O)c1ccncc1. The minimum Gasteiger partial charge on any atom is -0.387 e. The van der Waals surface area contributed by atoms with Crippen molar-refractivity contribution in [2.75, 3.05) is 6.54 Å². The predicted molar refractivity (Wildman–Crippen MR) is 82.0 cm³/mol. The smallest absolute Gasteiger partial charge is 0.315 e. The molecule has 0 aliphatic rings. The van der Waals surface area contributed by atoms with Crippen molar-refractivity contribution >= 4 is 6.03 Å². The standard InChI is InChI=1S/C15H21N5O2/c1-3-13-12(10-20(2)19-13)8-17-15(22)18-9-14(21)11-4-6-16-7-5-11/h4-7,10,14,21H,3,8-9H2,1-2H3,(H2,17,18,22). The van der Waals surface area contributed by atoms with Gasteiger partial charge in [0.15, 0.2) is 0 Å². The van der Waals surface area contributed by atoms with Gasteiger partial charge < -0.3 is 15.7 Å². The van der Waals surface area contributed by atoms with Crippen molar-refractivity contribution in [3.63, 3.8) is 0 Å². The van der Waals surface area contributed by atoms with E-state index in [1.54, 1.807) is 29.2 Å². The molecule has 118 valence electrons. The Morgan fingerprint density at radius 1 is 1.36 bits per heavy atom. The number of carbonyl (C=O) groups excluding carboxylic acids is 1. The molecule has 2 rings (SSSR count). The van der Waals surface area contributed by atoms with Crippen LogP contribution in [0.3, 0.4) is 0 Å². The van der Waals surface area contributed by atoms with E-state index in [0.717, 1.165) is 23.2 Å². The highest BCUT2D eigenvalue weighted by molar-refractivity contribution is 5.73. The molecular formula is C15H21N5O2. The van der Waals surface area contributed by atoms with E-state index in [4.69, 9.17) is 0 Å². The highest BCUT2D eigenvalue weighted by Crippen LogP contribution is 2.09. The van der Waals surface area contributed by atoms with E-state index in [2.05, 4.69) is 20.7 Å². The molecule has 2 heterocycles. The molecule has 0 aromatic carbocycles. The zero-order valence-electron chi connectivity index (χ0n) is 12.8. The third-order valence-electron chi connectivity index (χ3n) is 3.31. The Hall–Kier alpha value is -2.41. The fourth-order valence-corrected chi connectivity index (χ4v) is 2.16. The average molecular weight is 303 g/mol. The minimum atomic E-state index is -0.752. The van der Waals surface area contributed by atoms with Crippen LogP contribution in [0.5, 0.6) is 0 Å². The number of aromatic nitrogens is 3. The van der Waals surface area contributed by atoms with Gasteiger partial charge in [-0.05, 0) is 24.1 Å². The maximum absolute atomic E-state index is 11.8. The summed E-state index contributed by atoms with van der Waals surface area (Å²) in [4.78, 5) is 15.7. The summed E-state index contributed by atoms with van der Waals surface area (Å²) in [5.74, 6) is 0. The molecule has 22 heavy (non-hydrogen) atoms. The number of nitrogens with one attached hydrogen (secondary N) is 2. The molecule has 0 aliphatic heterocycles. The fraction of sp³-hybridized carbons (Fsp3) is 0.400. The van der Waals surface area contributed by atoms with Gasteiger partial charge in [0.25, 0.3) is 0 Å². The van der Waals surface area contributed by atoms with Crippen LogP contribution in [0.25, 0.3) is 0 Å². The van der Waals surface area contributed by atoms with Gasteiger partial charge in [0, 0.05) is 44.3 Å². The van der Waals surface area contributed by atoms with Gasteiger partial charge in [-0.15, -0.1) is 0 Å². The van der Waals surface area contributed by atoms with Crippen molar-refractivity contribution < 1.29 is 9.90 Å².